The third-order valence-corrected chi connectivity index (χ3v) is 2.14. The van der Waals surface area contributed by atoms with Crippen molar-refractivity contribution in [3.63, 3.8) is 0 Å². The number of anilines is 2. The first kappa shape index (κ1) is 8.31. The molecule has 0 amide bonds. The van der Waals surface area contributed by atoms with Crippen LogP contribution in [0, 0.1) is 0 Å². The highest BCUT2D eigenvalue weighted by molar-refractivity contribution is 5.48. The van der Waals surface area contributed by atoms with Gasteiger partial charge >= 0.3 is 0 Å². The summed E-state index contributed by atoms with van der Waals surface area (Å²) in [5.74, 6) is 1.36. The lowest BCUT2D eigenvalue weighted by atomic mass is 9.97. The second-order valence-electron chi connectivity index (χ2n) is 3.77. The van der Waals surface area contributed by atoms with E-state index < -0.39 is 5.60 Å². The number of aromatic nitrogens is 1. The van der Waals surface area contributed by atoms with Crippen LogP contribution in [0.5, 0.6) is 0 Å². The summed E-state index contributed by atoms with van der Waals surface area (Å²) < 4.78 is 0. The smallest absolute Gasteiger partial charge is 0.131 e. The Labute approximate surface area is 77.0 Å². The molecule has 0 bridgehead atoms. The highest BCUT2D eigenvalue weighted by Crippen LogP contribution is 2.25. The van der Waals surface area contributed by atoms with E-state index in [9.17, 15) is 5.11 Å². The quantitative estimate of drug-likeness (QED) is 0.648. The first-order valence-corrected chi connectivity index (χ1v) is 4.27. The van der Waals surface area contributed by atoms with E-state index >= 15 is 0 Å². The minimum absolute atomic E-state index is 0.518. The summed E-state index contributed by atoms with van der Waals surface area (Å²) in [7, 11) is 0. The summed E-state index contributed by atoms with van der Waals surface area (Å²) in [6, 6.07) is 5.51. The molecule has 1 aliphatic heterocycles. The molecule has 0 atom stereocenters. The Morgan fingerprint density at radius 2 is 2.23 bits per heavy atom. The molecule has 1 aromatic heterocycles. The Kier molecular flexibility index (Phi) is 1.66. The minimum atomic E-state index is -0.563. The second kappa shape index (κ2) is 2.60. The molecule has 0 aliphatic carbocycles. The van der Waals surface area contributed by atoms with Gasteiger partial charge in [-0.2, -0.15) is 0 Å². The van der Waals surface area contributed by atoms with Crippen LogP contribution in [0.15, 0.2) is 18.2 Å². The lowest BCUT2D eigenvalue weighted by molar-refractivity contribution is 0.0305. The summed E-state index contributed by atoms with van der Waals surface area (Å²) in [6.45, 7) is 3.07. The molecule has 2 heterocycles. The predicted molar refractivity (Wildman–Crippen MR) is 51.5 cm³/mol. The van der Waals surface area contributed by atoms with Gasteiger partial charge in [0.25, 0.3) is 0 Å². The van der Waals surface area contributed by atoms with Gasteiger partial charge in [0.15, 0.2) is 0 Å². The van der Waals surface area contributed by atoms with Gasteiger partial charge in [-0.1, -0.05) is 6.07 Å². The van der Waals surface area contributed by atoms with Crippen molar-refractivity contribution < 1.29 is 5.11 Å². The van der Waals surface area contributed by atoms with Gasteiger partial charge in [-0.25, -0.2) is 4.98 Å². The fourth-order valence-corrected chi connectivity index (χ4v) is 1.55. The summed E-state index contributed by atoms with van der Waals surface area (Å²) in [5.41, 5.74) is 4.98. The number of nitrogen functional groups attached to an aromatic ring is 1. The average Bonchev–Trinajstić information content (AvgIpc) is 2.00. The van der Waals surface area contributed by atoms with Crippen LogP contribution in [0.3, 0.4) is 0 Å². The Morgan fingerprint density at radius 1 is 1.54 bits per heavy atom. The monoisotopic (exact) mass is 179 g/mol. The minimum Gasteiger partial charge on any atom is -0.386 e. The molecular weight excluding hydrogens is 166 g/mol. The van der Waals surface area contributed by atoms with Gasteiger partial charge in [0, 0.05) is 13.1 Å². The molecule has 3 N–H and O–H groups in total. The van der Waals surface area contributed by atoms with Crippen molar-refractivity contribution in [3.8, 4) is 0 Å². The summed E-state index contributed by atoms with van der Waals surface area (Å²) in [5, 5.41) is 9.51. The number of pyridine rings is 1. The highest BCUT2D eigenvalue weighted by atomic mass is 16.3. The van der Waals surface area contributed by atoms with Gasteiger partial charge in [-0.05, 0) is 19.1 Å². The van der Waals surface area contributed by atoms with Crippen molar-refractivity contribution in [1.82, 2.24) is 4.98 Å². The van der Waals surface area contributed by atoms with Crippen LogP contribution < -0.4 is 10.6 Å². The molecule has 2 rings (SSSR count). The molecule has 0 spiro atoms. The number of nitrogens with two attached hydrogens (primary N) is 1. The van der Waals surface area contributed by atoms with Crippen LogP contribution in [-0.4, -0.2) is 28.8 Å². The first-order chi connectivity index (χ1) is 6.07. The molecule has 70 valence electrons. The van der Waals surface area contributed by atoms with E-state index in [1.165, 1.54) is 0 Å². The largest absolute Gasteiger partial charge is 0.386 e. The molecular formula is C9H13N3O. The number of hydrogen-bond acceptors (Lipinski definition) is 4. The maximum Gasteiger partial charge on any atom is 0.131 e. The van der Waals surface area contributed by atoms with E-state index in [-0.39, 0.29) is 0 Å². The first-order valence-electron chi connectivity index (χ1n) is 4.27. The van der Waals surface area contributed by atoms with Crippen molar-refractivity contribution in [2.45, 2.75) is 12.5 Å². The third-order valence-electron chi connectivity index (χ3n) is 2.14. The summed E-state index contributed by atoms with van der Waals surface area (Å²) in [4.78, 5) is 6.15. The maximum absolute atomic E-state index is 9.51. The molecule has 0 unspecified atom stereocenters. The number of β-amino-alcohol motifs (C(OH)–C–C–N with tert-alkyl or cyclic N) is 1. The Hall–Kier alpha value is -1.29. The Bertz CT molecular complexity index is 316. The summed E-state index contributed by atoms with van der Waals surface area (Å²) in [6.07, 6.45) is 0. The molecule has 13 heavy (non-hydrogen) atoms. The van der Waals surface area contributed by atoms with E-state index in [4.69, 9.17) is 5.73 Å². The van der Waals surface area contributed by atoms with Gasteiger partial charge in [-0.3, -0.25) is 0 Å². The molecule has 0 saturated carbocycles. The molecule has 1 saturated heterocycles. The van der Waals surface area contributed by atoms with Crippen LogP contribution in [0.1, 0.15) is 6.92 Å². The lowest BCUT2D eigenvalue weighted by Gasteiger charge is -2.44. The maximum atomic E-state index is 9.51. The normalized spacial score (nSPS) is 19.7. The van der Waals surface area contributed by atoms with Crippen molar-refractivity contribution in [1.29, 1.82) is 0 Å². The van der Waals surface area contributed by atoms with E-state index in [2.05, 4.69) is 4.98 Å². The molecule has 1 aromatic rings. The molecule has 0 radical (unpaired) electrons. The van der Waals surface area contributed by atoms with Crippen molar-refractivity contribution in [2.75, 3.05) is 23.7 Å². The van der Waals surface area contributed by atoms with Gasteiger partial charge in [-0.15, -0.1) is 0 Å². The second-order valence-corrected chi connectivity index (χ2v) is 3.77. The molecule has 0 aromatic carbocycles. The molecule has 4 nitrogen and oxygen atoms in total. The Morgan fingerprint density at radius 3 is 2.77 bits per heavy atom. The molecule has 1 aliphatic rings. The van der Waals surface area contributed by atoms with Gasteiger partial charge in [0.2, 0.25) is 0 Å². The standard InChI is InChI=1S/C9H13N3O/c1-9(13)5-12(6-9)8-4-2-3-7(10)11-8/h2-4,13H,5-6H2,1H3,(H2,10,11). The molecule has 4 heteroatoms. The number of hydrogen-bond donors (Lipinski definition) is 2. The summed E-state index contributed by atoms with van der Waals surface area (Å²) >= 11 is 0. The van der Waals surface area contributed by atoms with Crippen molar-refractivity contribution in [2.24, 2.45) is 0 Å². The zero-order valence-electron chi connectivity index (χ0n) is 7.57. The number of aliphatic hydroxyl groups is 1. The van der Waals surface area contributed by atoms with Gasteiger partial charge in [0.1, 0.15) is 11.6 Å². The van der Waals surface area contributed by atoms with E-state index in [0.717, 1.165) is 5.82 Å². The van der Waals surface area contributed by atoms with E-state index in [0.29, 0.717) is 18.9 Å². The SMILES string of the molecule is CC1(O)CN(c2cccc(N)n2)C1. The van der Waals surface area contributed by atoms with Crippen LogP contribution >= 0.6 is 0 Å². The fourth-order valence-electron chi connectivity index (χ4n) is 1.55. The fraction of sp³-hybridized carbons (Fsp3) is 0.444. The zero-order chi connectivity index (χ0) is 9.47. The zero-order valence-corrected chi connectivity index (χ0v) is 7.57. The van der Waals surface area contributed by atoms with Crippen LogP contribution in [-0.2, 0) is 0 Å². The van der Waals surface area contributed by atoms with E-state index in [1.807, 2.05) is 24.0 Å². The Balaban J connectivity index is 2.11. The average molecular weight is 179 g/mol. The van der Waals surface area contributed by atoms with E-state index in [1.54, 1.807) is 6.07 Å². The highest BCUT2D eigenvalue weighted by Gasteiger charge is 2.37. The molecule has 1 fully saturated rings. The van der Waals surface area contributed by atoms with Crippen molar-refractivity contribution >= 4 is 11.6 Å². The van der Waals surface area contributed by atoms with Crippen molar-refractivity contribution in [3.05, 3.63) is 18.2 Å². The van der Waals surface area contributed by atoms with Crippen LogP contribution in [0.2, 0.25) is 0 Å². The predicted octanol–water partition coefficient (Wildman–Crippen LogP) is 0.235. The third kappa shape index (κ3) is 1.58. The van der Waals surface area contributed by atoms with Gasteiger partial charge in [0.05, 0.1) is 5.60 Å². The number of rotatable bonds is 1. The lowest BCUT2D eigenvalue weighted by Crippen LogP contribution is -2.60. The topological polar surface area (TPSA) is 62.4 Å². The van der Waals surface area contributed by atoms with Gasteiger partial charge < -0.3 is 15.7 Å². The number of nitrogens with zero attached hydrogens (tertiary/aromatic N) is 2. The van der Waals surface area contributed by atoms with Crippen LogP contribution in [0.25, 0.3) is 0 Å². The van der Waals surface area contributed by atoms with Crippen LogP contribution in [0.4, 0.5) is 11.6 Å².